The first kappa shape index (κ1) is 16.8. The van der Waals surface area contributed by atoms with Crippen LogP contribution in [0.25, 0.3) is 0 Å². The van der Waals surface area contributed by atoms with Crippen LogP contribution in [0.5, 0.6) is 0 Å². The van der Waals surface area contributed by atoms with E-state index in [-0.39, 0.29) is 0 Å². The van der Waals surface area contributed by atoms with E-state index in [0.717, 1.165) is 52.4 Å². The minimum Gasteiger partial charge on any atom is -0.311 e. The van der Waals surface area contributed by atoms with E-state index in [0.29, 0.717) is 5.02 Å². The second kappa shape index (κ2) is 7.63. The van der Waals surface area contributed by atoms with Gasteiger partial charge in [-0.2, -0.15) is 5.10 Å². The molecule has 0 saturated heterocycles. The molecule has 2 rings (SSSR count). The molecule has 0 unspecified atom stereocenters. The molecular formula is C15H18BrCl2N3. The van der Waals surface area contributed by atoms with Crippen molar-refractivity contribution >= 4 is 39.1 Å². The van der Waals surface area contributed by atoms with E-state index in [1.165, 1.54) is 0 Å². The number of benzene rings is 1. The maximum atomic E-state index is 6.16. The number of halogens is 3. The predicted octanol–water partition coefficient (Wildman–Crippen LogP) is 4.38. The average molecular weight is 391 g/mol. The first-order valence-corrected chi connectivity index (χ1v) is 8.42. The molecule has 0 aliphatic carbocycles. The quantitative estimate of drug-likeness (QED) is 0.741. The Kier molecular flexibility index (Phi) is 6.11. The third-order valence-corrected chi connectivity index (χ3v) is 4.88. The highest BCUT2D eigenvalue weighted by molar-refractivity contribution is 9.10. The van der Waals surface area contributed by atoms with Gasteiger partial charge in [-0.05, 0) is 53.0 Å². The molecule has 0 saturated carbocycles. The van der Waals surface area contributed by atoms with Crippen LogP contribution in [0.1, 0.15) is 23.9 Å². The van der Waals surface area contributed by atoms with E-state index < -0.39 is 0 Å². The number of rotatable bonds is 6. The molecule has 0 aliphatic rings. The minimum atomic E-state index is 0.669. The number of nitrogens with zero attached hydrogens (tertiary/aromatic N) is 2. The van der Waals surface area contributed by atoms with Crippen LogP contribution >= 0.6 is 39.1 Å². The van der Waals surface area contributed by atoms with Crippen molar-refractivity contribution < 1.29 is 0 Å². The van der Waals surface area contributed by atoms with Gasteiger partial charge in [-0.15, -0.1) is 0 Å². The maximum Gasteiger partial charge on any atom is 0.0767 e. The molecule has 0 spiro atoms. The van der Waals surface area contributed by atoms with Gasteiger partial charge in [0.15, 0.2) is 0 Å². The Hall–Kier alpha value is -0.550. The third-order valence-electron chi connectivity index (χ3n) is 3.38. The van der Waals surface area contributed by atoms with Crippen molar-refractivity contribution in [3.05, 3.63) is 49.7 Å². The highest BCUT2D eigenvalue weighted by Crippen LogP contribution is 2.22. The highest BCUT2D eigenvalue weighted by atomic mass is 79.9. The molecule has 0 amide bonds. The topological polar surface area (TPSA) is 29.9 Å². The Morgan fingerprint density at radius 1 is 1.33 bits per heavy atom. The normalized spacial score (nSPS) is 11.1. The summed E-state index contributed by atoms with van der Waals surface area (Å²) < 4.78 is 3.02. The van der Waals surface area contributed by atoms with E-state index >= 15 is 0 Å². The Morgan fingerprint density at radius 2 is 2.10 bits per heavy atom. The molecule has 21 heavy (non-hydrogen) atoms. The fourth-order valence-corrected chi connectivity index (χ4v) is 3.43. The molecule has 0 radical (unpaired) electrons. The lowest BCUT2D eigenvalue weighted by atomic mass is 10.1. The summed E-state index contributed by atoms with van der Waals surface area (Å²) in [7, 11) is 1.97. The van der Waals surface area contributed by atoms with Crippen molar-refractivity contribution in [2.24, 2.45) is 7.05 Å². The van der Waals surface area contributed by atoms with Gasteiger partial charge in [0.2, 0.25) is 0 Å². The lowest BCUT2D eigenvalue weighted by Gasteiger charge is -2.08. The Labute approximate surface area is 143 Å². The Bertz CT molecular complexity index is 626. The molecule has 6 heteroatoms. The average Bonchev–Trinajstić information content (AvgIpc) is 2.72. The van der Waals surface area contributed by atoms with E-state index in [1.54, 1.807) is 6.07 Å². The van der Waals surface area contributed by atoms with Gasteiger partial charge < -0.3 is 5.32 Å². The molecule has 1 aromatic heterocycles. The van der Waals surface area contributed by atoms with Gasteiger partial charge in [-0.3, -0.25) is 4.68 Å². The van der Waals surface area contributed by atoms with Crippen LogP contribution in [0.15, 0.2) is 22.7 Å². The van der Waals surface area contributed by atoms with Gasteiger partial charge >= 0.3 is 0 Å². The van der Waals surface area contributed by atoms with E-state index in [4.69, 9.17) is 23.2 Å². The van der Waals surface area contributed by atoms with Crippen molar-refractivity contribution in [2.45, 2.75) is 26.3 Å². The molecule has 1 N–H and O–H groups in total. The number of nitrogens with one attached hydrogen (secondary N) is 1. The summed E-state index contributed by atoms with van der Waals surface area (Å²) >= 11 is 15.7. The van der Waals surface area contributed by atoms with Crippen LogP contribution in [0, 0.1) is 0 Å². The summed E-state index contributed by atoms with van der Waals surface area (Å²) in [5.41, 5.74) is 3.36. The van der Waals surface area contributed by atoms with Gasteiger partial charge in [0.25, 0.3) is 0 Å². The third kappa shape index (κ3) is 4.22. The van der Waals surface area contributed by atoms with Crippen LogP contribution in [0.3, 0.4) is 0 Å². The van der Waals surface area contributed by atoms with Crippen molar-refractivity contribution in [1.29, 1.82) is 0 Å². The maximum absolute atomic E-state index is 6.16. The molecule has 0 fully saturated rings. The van der Waals surface area contributed by atoms with Crippen LogP contribution in [-0.2, 0) is 26.4 Å². The van der Waals surface area contributed by atoms with Crippen molar-refractivity contribution in [3.63, 3.8) is 0 Å². The van der Waals surface area contributed by atoms with Crippen LogP contribution < -0.4 is 5.32 Å². The zero-order valence-electron chi connectivity index (χ0n) is 12.1. The monoisotopic (exact) mass is 389 g/mol. The van der Waals surface area contributed by atoms with Crippen molar-refractivity contribution in [2.75, 3.05) is 6.54 Å². The summed E-state index contributed by atoms with van der Waals surface area (Å²) in [6.07, 6.45) is 1.79. The SMILES string of the molecule is CCc1nn(C)c(CNCCc2ccc(Cl)cc2Cl)c1Br. The molecule has 0 atom stereocenters. The highest BCUT2D eigenvalue weighted by Gasteiger charge is 2.11. The smallest absolute Gasteiger partial charge is 0.0767 e. The first-order chi connectivity index (χ1) is 10.0. The van der Waals surface area contributed by atoms with Crippen LogP contribution in [0.2, 0.25) is 10.0 Å². The molecule has 0 bridgehead atoms. The van der Waals surface area contributed by atoms with Gasteiger partial charge in [0, 0.05) is 23.6 Å². The first-order valence-electron chi connectivity index (χ1n) is 6.87. The molecule has 1 aromatic carbocycles. The molecule has 1 heterocycles. The standard InChI is InChI=1S/C15H18BrCl2N3/c1-3-13-15(16)14(21(2)20-13)9-19-7-6-10-4-5-11(17)8-12(10)18/h4-5,8,19H,3,6-7,9H2,1-2H3. The second-order valence-corrected chi connectivity index (χ2v) is 6.48. The summed E-state index contributed by atoms with van der Waals surface area (Å²) in [6, 6.07) is 5.62. The fourth-order valence-electron chi connectivity index (χ4n) is 2.17. The second-order valence-electron chi connectivity index (χ2n) is 4.85. The van der Waals surface area contributed by atoms with Crippen LogP contribution in [-0.4, -0.2) is 16.3 Å². The van der Waals surface area contributed by atoms with Crippen LogP contribution in [0.4, 0.5) is 0 Å². The lowest BCUT2D eigenvalue weighted by Crippen LogP contribution is -2.19. The number of hydrogen-bond donors (Lipinski definition) is 1. The number of hydrogen-bond acceptors (Lipinski definition) is 2. The lowest BCUT2D eigenvalue weighted by molar-refractivity contribution is 0.622. The van der Waals surface area contributed by atoms with Gasteiger partial charge in [0.1, 0.15) is 0 Å². The van der Waals surface area contributed by atoms with Crippen molar-refractivity contribution in [1.82, 2.24) is 15.1 Å². The van der Waals surface area contributed by atoms with E-state index in [1.807, 2.05) is 23.9 Å². The fraction of sp³-hybridized carbons (Fsp3) is 0.400. The summed E-state index contributed by atoms with van der Waals surface area (Å²) in [4.78, 5) is 0. The summed E-state index contributed by atoms with van der Waals surface area (Å²) in [5, 5.41) is 9.30. The zero-order chi connectivity index (χ0) is 15.4. The number of aromatic nitrogens is 2. The summed E-state index contributed by atoms with van der Waals surface area (Å²) in [6.45, 7) is 3.72. The Morgan fingerprint density at radius 3 is 2.71 bits per heavy atom. The van der Waals surface area contributed by atoms with Gasteiger partial charge in [-0.1, -0.05) is 36.2 Å². The minimum absolute atomic E-state index is 0.669. The van der Waals surface area contributed by atoms with Gasteiger partial charge in [-0.25, -0.2) is 0 Å². The number of aryl methyl sites for hydroxylation is 2. The van der Waals surface area contributed by atoms with Crippen molar-refractivity contribution in [3.8, 4) is 0 Å². The molecule has 0 aliphatic heterocycles. The predicted molar refractivity (Wildman–Crippen MR) is 92.2 cm³/mol. The largest absolute Gasteiger partial charge is 0.311 e. The zero-order valence-corrected chi connectivity index (χ0v) is 15.2. The molecule has 2 aromatic rings. The van der Waals surface area contributed by atoms with E-state index in [9.17, 15) is 0 Å². The molecular weight excluding hydrogens is 373 g/mol. The molecule has 3 nitrogen and oxygen atoms in total. The summed E-state index contributed by atoms with van der Waals surface area (Å²) in [5.74, 6) is 0. The van der Waals surface area contributed by atoms with E-state index in [2.05, 4.69) is 33.3 Å². The van der Waals surface area contributed by atoms with Gasteiger partial charge in [0.05, 0.1) is 15.9 Å². The molecule has 114 valence electrons. The Balaban J connectivity index is 1.89.